The van der Waals surface area contributed by atoms with Crippen molar-refractivity contribution in [3.05, 3.63) is 22.4 Å². The van der Waals surface area contributed by atoms with Gasteiger partial charge in [0, 0.05) is 43.6 Å². The first-order valence-corrected chi connectivity index (χ1v) is 6.51. The first-order chi connectivity index (χ1) is 7.78. The topological polar surface area (TPSA) is 35.5 Å². The van der Waals surface area contributed by atoms with Crippen LogP contribution in [0.15, 0.2) is 16.8 Å². The van der Waals surface area contributed by atoms with Crippen LogP contribution < -0.4 is 0 Å². The molecule has 1 aliphatic rings. The van der Waals surface area contributed by atoms with Crippen LogP contribution in [0, 0.1) is 0 Å². The maximum absolute atomic E-state index is 12.4. The molecule has 0 unspecified atom stereocenters. The van der Waals surface area contributed by atoms with Crippen molar-refractivity contribution >= 4 is 17.1 Å². The number of rotatable bonds is 4. The molecule has 3 nitrogen and oxygen atoms in total. The van der Waals surface area contributed by atoms with Crippen LogP contribution in [-0.2, 0) is 9.47 Å². The smallest absolute Gasteiger partial charge is 0.195 e. The number of hydrogen-bond donors (Lipinski definition) is 0. The lowest BCUT2D eigenvalue weighted by molar-refractivity contribution is -0.0822. The SMILES string of the molecule is CCOC1(C(=O)c2ccsc2)CCOCC1. The molecule has 1 aromatic rings. The summed E-state index contributed by atoms with van der Waals surface area (Å²) in [4.78, 5) is 12.4. The van der Waals surface area contributed by atoms with Gasteiger partial charge in [0.25, 0.3) is 0 Å². The highest BCUT2D eigenvalue weighted by molar-refractivity contribution is 7.08. The molecule has 4 heteroatoms. The number of carbonyl (C=O) groups excluding carboxylic acids is 1. The molecule has 0 amide bonds. The Morgan fingerprint density at radius 1 is 1.56 bits per heavy atom. The molecular weight excluding hydrogens is 224 g/mol. The Bertz CT molecular complexity index is 334. The minimum atomic E-state index is -0.645. The van der Waals surface area contributed by atoms with E-state index in [9.17, 15) is 4.79 Å². The predicted octanol–water partition coefficient (Wildman–Crippen LogP) is 2.52. The summed E-state index contributed by atoms with van der Waals surface area (Å²) >= 11 is 1.54. The van der Waals surface area contributed by atoms with Crippen LogP contribution in [0.3, 0.4) is 0 Å². The molecule has 1 saturated heterocycles. The largest absolute Gasteiger partial charge is 0.381 e. The Kier molecular flexibility index (Phi) is 3.74. The molecule has 0 saturated carbocycles. The maximum Gasteiger partial charge on any atom is 0.195 e. The quantitative estimate of drug-likeness (QED) is 0.759. The van der Waals surface area contributed by atoms with Gasteiger partial charge in [-0.25, -0.2) is 0 Å². The van der Waals surface area contributed by atoms with Gasteiger partial charge in [-0.3, -0.25) is 4.79 Å². The van der Waals surface area contributed by atoms with Crippen LogP contribution in [0.5, 0.6) is 0 Å². The third-order valence-corrected chi connectivity index (χ3v) is 3.60. The summed E-state index contributed by atoms with van der Waals surface area (Å²) in [6.07, 6.45) is 1.32. The van der Waals surface area contributed by atoms with Gasteiger partial charge in [-0.05, 0) is 18.4 Å². The second-order valence-corrected chi connectivity index (χ2v) is 4.66. The Morgan fingerprint density at radius 2 is 2.31 bits per heavy atom. The summed E-state index contributed by atoms with van der Waals surface area (Å²) in [5.41, 5.74) is 0.119. The molecule has 0 bridgehead atoms. The molecule has 1 aromatic heterocycles. The highest BCUT2D eigenvalue weighted by Crippen LogP contribution is 2.30. The number of carbonyl (C=O) groups is 1. The van der Waals surface area contributed by atoms with Crippen LogP contribution in [0.4, 0.5) is 0 Å². The molecule has 0 spiro atoms. The van der Waals surface area contributed by atoms with Crippen molar-refractivity contribution < 1.29 is 14.3 Å². The summed E-state index contributed by atoms with van der Waals surface area (Å²) in [6, 6.07) is 1.86. The first kappa shape index (κ1) is 11.8. The molecule has 0 radical (unpaired) electrons. The van der Waals surface area contributed by atoms with E-state index in [1.54, 1.807) is 11.3 Å². The fourth-order valence-electron chi connectivity index (χ4n) is 2.07. The maximum atomic E-state index is 12.4. The van der Waals surface area contributed by atoms with E-state index < -0.39 is 5.60 Å². The molecule has 0 aromatic carbocycles. The van der Waals surface area contributed by atoms with Crippen molar-refractivity contribution in [2.75, 3.05) is 19.8 Å². The second kappa shape index (κ2) is 5.08. The number of Topliss-reactive ketones (excluding diaryl/α,β-unsaturated/α-hetero) is 1. The minimum Gasteiger partial charge on any atom is -0.381 e. The number of ether oxygens (including phenoxy) is 2. The average Bonchev–Trinajstić information content (AvgIpc) is 2.83. The van der Waals surface area contributed by atoms with Crippen molar-refractivity contribution in [1.29, 1.82) is 0 Å². The van der Waals surface area contributed by atoms with Gasteiger partial charge < -0.3 is 9.47 Å². The van der Waals surface area contributed by atoms with E-state index in [4.69, 9.17) is 9.47 Å². The van der Waals surface area contributed by atoms with Crippen LogP contribution >= 0.6 is 11.3 Å². The third kappa shape index (κ3) is 2.19. The summed E-state index contributed by atoms with van der Waals surface area (Å²) < 4.78 is 11.0. The van der Waals surface area contributed by atoms with Crippen molar-refractivity contribution in [3.8, 4) is 0 Å². The van der Waals surface area contributed by atoms with Gasteiger partial charge in [0.2, 0.25) is 0 Å². The van der Waals surface area contributed by atoms with Crippen molar-refractivity contribution in [3.63, 3.8) is 0 Å². The van der Waals surface area contributed by atoms with Gasteiger partial charge in [0.15, 0.2) is 5.78 Å². The zero-order valence-corrected chi connectivity index (χ0v) is 10.2. The van der Waals surface area contributed by atoms with Crippen molar-refractivity contribution in [2.24, 2.45) is 0 Å². The monoisotopic (exact) mass is 240 g/mol. The molecule has 2 rings (SSSR count). The van der Waals surface area contributed by atoms with Gasteiger partial charge in [0.1, 0.15) is 5.60 Å². The van der Waals surface area contributed by atoms with Gasteiger partial charge in [-0.1, -0.05) is 0 Å². The Morgan fingerprint density at radius 3 is 2.88 bits per heavy atom. The summed E-state index contributed by atoms with van der Waals surface area (Å²) in [5, 5.41) is 3.81. The molecular formula is C12H16O3S. The molecule has 88 valence electrons. The molecule has 0 N–H and O–H groups in total. The van der Waals surface area contributed by atoms with E-state index in [0.717, 1.165) is 5.56 Å². The van der Waals surface area contributed by atoms with Crippen molar-refractivity contribution in [1.82, 2.24) is 0 Å². The van der Waals surface area contributed by atoms with E-state index in [0.29, 0.717) is 32.7 Å². The second-order valence-electron chi connectivity index (χ2n) is 3.88. The summed E-state index contributed by atoms with van der Waals surface area (Å²) in [5.74, 6) is 0.110. The average molecular weight is 240 g/mol. The molecule has 2 heterocycles. The van der Waals surface area contributed by atoms with E-state index in [1.807, 2.05) is 23.8 Å². The highest BCUT2D eigenvalue weighted by atomic mass is 32.1. The van der Waals surface area contributed by atoms with Crippen molar-refractivity contribution in [2.45, 2.75) is 25.4 Å². The Balaban J connectivity index is 2.21. The van der Waals surface area contributed by atoms with Crippen LogP contribution in [0.1, 0.15) is 30.1 Å². The standard InChI is InChI=1S/C12H16O3S/c1-2-15-12(4-6-14-7-5-12)11(13)10-3-8-16-9-10/h3,8-9H,2,4-7H2,1H3. The number of hydrogen-bond acceptors (Lipinski definition) is 4. The zero-order chi connectivity index (χ0) is 11.4. The summed E-state index contributed by atoms with van der Waals surface area (Å²) in [7, 11) is 0. The van der Waals surface area contributed by atoms with E-state index in [-0.39, 0.29) is 5.78 Å². The molecule has 1 aliphatic heterocycles. The third-order valence-electron chi connectivity index (χ3n) is 2.92. The molecule has 0 aliphatic carbocycles. The highest BCUT2D eigenvalue weighted by Gasteiger charge is 2.41. The molecule has 16 heavy (non-hydrogen) atoms. The minimum absolute atomic E-state index is 0.110. The van der Waals surface area contributed by atoms with Crippen LogP contribution in [0.2, 0.25) is 0 Å². The first-order valence-electron chi connectivity index (χ1n) is 5.57. The van der Waals surface area contributed by atoms with Crippen LogP contribution in [-0.4, -0.2) is 31.2 Å². The molecule has 0 atom stereocenters. The fourth-order valence-corrected chi connectivity index (χ4v) is 2.71. The summed E-state index contributed by atoms with van der Waals surface area (Å²) in [6.45, 7) is 3.71. The van der Waals surface area contributed by atoms with Crippen LogP contribution in [0.25, 0.3) is 0 Å². The lowest BCUT2D eigenvalue weighted by Crippen LogP contribution is -2.46. The zero-order valence-electron chi connectivity index (χ0n) is 9.40. The fraction of sp³-hybridized carbons (Fsp3) is 0.583. The van der Waals surface area contributed by atoms with E-state index in [1.165, 1.54) is 0 Å². The predicted molar refractivity (Wildman–Crippen MR) is 63.1 cm³/mol. The lowest BCUT2D eigenvalue weighted by atomic mass is 9.86. The number of thiophene rings is 1. The lowest BCUT2D eigenvalue weighted by Gasteiger charge is -2.35. The van der Waals surface area contributed by atoms with Gasteiger partial charge >= 0.3 is 0 Å². The number of ketones is 1. The molecule has 1 fully saturated rings. The van der Waals surface area contributed by atoms with Gasteiger partial charge in [-0.15, -0.1) is 0 Å². The van der Waals surface area contributed by atoms with Gasteiger partial charge in [-0.2, -0.15) is 11.3 Å². The van der Waals surface area contributed by atoms with E-state index >= 15 is 0 Å². The Hall–Kier alpha value is -0.710. The van der Waals surface area contributed by atoms with Gasteiger partial charge in [0.05, 0.1) is 0 Å². The Labute approximate surface area is 99.4 Å². The van der Waals surface area contributed by atoms with E-state index in [2.05, 4.69) is 0 Å². The normalized spacial score (nSPS) is 19.6.